The lowest BCUT2D eigenvalue weighted by Crippen LogP contribution is -2.33. The normalized spacial score (nSPS) is 13.3. The quantitative estimate of drug-likeness (QED) is 0.460. The zero-order chi connectivity index (χ0) is 12.8. The van der Waals surface area contributed by atoms with Crippen molar-refractivity contribution in [2.24, 2.45) is 5.84 Å². The Morgan fingerprint density at radius 2 is 2.29 bits per heavy atom. The summed E-state index contributed by atoms with van der Waals surface area (Å²) in [7, 11) is 0. The van der Waals surface area contributed by atoms with Crippen LogP contribution in [0.1, 0.15) is 45.0 Å². The number of hydrogen-bond acceptors (Lipinski definition) is 4. The van der Waals surface area contributed by atoms with Crippen LogP contribution in [0.5, 0.6) is 0 Å². The molecular formula is C11H21BrN4O. The molecule has 0 saturated carbocycles. The van der Waals surface area contributed by atoms with Gasteiger partial charge < -0.3 is 4.74 Å². The molecule has 0 spiro atoms. The minimum absolute atomic E-state index is 0.0548. The first-order chi connectivity index (χ1) is 8.11. The predicted molar refractivity (Wildman–Crippen MR) is 71.5 cm³/mol. The highest BCUT2D eigenvalue weighted by Gasteiger charge is 2.20. The van der Waals surface area contributed by atoms with Crippen LogP contribution in [-0.4, -0.2) is 23.0 Å². The maximum absolute atomic E-state index is 5.59. The van der Waals surface area contributed by atoms with Crippen LogP contribution in [0.4, 0.5) is 0 Å². The van der Waals surface area contributed by atoms with E-state index < -0.39 is 0 Å². The van der Waals surface area contributed by atoms with Gasteiger partial charge in [0.15, 0.2) is 0 Å². The fraction of sp³-hybridized carbons (Fsp3) is 0.727. The van der Waals surface area contributed by atoms with Crippen molar-refractivity contribution in [3.05, 3.63) is 16.4 Å². The molecule has 1 aromatic rings. The van der Waals surface area contributed by atoms with Gasteiger partial charge in [0.1, 0.15) is 0 Å². The van der Waals surface area contributed by atoms with Gasteiger partial charge in [0.25, 0.3) is 0 Å². The third kappa shape index (κ3) is 3.77. The second kappa shape index (κ2) is 7.10. The van der Waals surface area contributed by atoms with Crippen molar-refractivity contribution >= 4 is 15.9 Å². The van der Waals surface area contributed by atoms with Crippen LogP contribution in [0.2, 0.25) is 0 Å². The van der Waals surface area contributed by atoms with E-state index in [0.717, 1.165) is 23.2 Å². The summed E-state index contributed by atoms with van der Waals surface area (Å²) in [5.41, 5.74) is 3.81. The molecule has 0 saturated heterocycles. The Morgan fingerprint density at radius 1 is 1.59 bits per heavy atom. The Bertz CT molecular complexity index is 340. The molecule has 5 nitrogen and oxygen atoms in total. The first-order valence-electron chi connectivity index (χ1n) is 5.88. The van der Waals surface area contributed by atoms with Gasteiger partial charge >= 0.3 is 0 Å². The maximum Gasteiger partial charge on any atom is 0.0873 e. The van der Waals surface area contributed by atoms with E-state index in [4.69, 9.17) is 10.6 Å². The van der Waals surface area contributed by atoms with Crippen LogP contribution in [0.25, 0.3) is 0 Å². The fourth-order valence-corrected chi connectivity index (χ4v) is 2.19. The Labute approximate surface area is 111 Å². The van der Waals surface area contributed by atoms with Gasteiger partial charge in [-0.2, -0.15) is 5.10 Å². The van der Waals surface area contributed by atoms with Crippen LogP contribution in [0.3, 0.4) is 0 Å². The van der Waals surface area contributed by atoms with Crippen molar-refractivity contribution < 1.29 is 4.74 Å². The molecule has 1 aromatic heterocycles. The summed E-state index contributed by atoms with van der Waals surface area (Å²) >= 11 is 3.50. The number of halogens is 1. The van der Waals surface area contributed by atoms with Crippen LogP contribution in [-0.2, 0) is 4.74 Å². The number of rotatable bonds is 7. The van der Waals surface area contributed by atoms with Crippen molar-refractivity contribution in [3.8, 4) is 0 Å². The molecule has 1 heterocycles. The van der Waals surface area contributed by atoms with Gasteiger partial charge in [-0.3, -0.25) is 10.5 Å². The Hall–Kier alpha value is -0.430. The molecule has 3 N–H and O–H groups in total. The SMILES string of the molecule is CCCOCC(NN)c1c(Br)cnn1C(C)C. The first kappa shape index (κ1) is 14.6. The summed E-state index contributed by atoms with van der Waals surface area (Å²) in [5, 5.41) is 4.33. The molecule has 6 heteroatoms. The number of ether oxygens (including phenoxy) is 1. The average Bonchev–Trinajstić information content (AvgIpc) is 2.67. The van der Waals surface area contributed by atoms with Gasteiger partial charge in [0.05, 0.1) is 29.0 Å². The average molecular weight is 305 g/mol. The number of nitrogens with two attached hydrogens (primary N) is 1. The smallest absolute Gasteiger partial charge is 0.0873 e. The van der Waals surface area contributed by atoms with Gasteiger partial charge in [-0.05, 0) is 36.2 Å². The van der Waals surface area contributed by atoms with E-state index in [0.29, 0.717) is 12.6 Å². The number of hydrazine groups is 1. The minimum atomic E-state index is -0.0548. The molecule has 0 aliphatic carbocycles. The van der Waals surface area contributed by atoms with E-state index in [2.05, 4.69) is 47.2 Å². The molecule has 0 fully saturated rings. The monoisotopic (exact) mass is 304 g/mol. The molecule has 1 atom stereocenters. The summed E-state index contributed by atoms with van der Waals surface area (Å²) in [4.78, 5) is 0. The Morgan fingerprint density at radius 3 is 2.82 bits per heavy atom. The summed E-state index contributed by atoms with van der Waals surface area (Å²) in [6, 6.07) is 0.235. The largest absolute Gasteiger partial charge is 0.379 e. The van der Waals surface area contributed by atoms with E-state index in [9.17, 15) is 0 Å². The minimum Gasteiger partial charge on any atom is -0.379 e. The molecule has 0 aliphatic heterocycles. The number of hydrogen-bond donors (Lipinski definition) is 2. The van der Waals surface area contributed by atoms with E-state index >= 15 is 0 Å². The predicted octanol–water partition coefficient (Wildman–Crippen LogP) is 2.16. The van der Waals surface area contributed by atoms with Gasteiger partial charge in [0.2, 0.25) is 0 Å². The third-order valence-corrected chi connectivity index (χ3v) is 3.05. The summed E-state index contributed by atoms with van der Waals surface area (Å²) in [5.74, 6) is 5.59. The van der Waals surface area contributed by atoms with Crippen molar-refractivity contribution in [1.29, 1.82) is 0 Å². The lowest BCUT2D eigenvalue weighted by molar-refractivity contribution is 0.109. The van der Waals surface area contributed by atoms with Gasteiger partial charge in [0, 0.05) is 12.6 Å². The van der Waals surface area contributed by atoms with Gasteiger partial charge in [-0.15, -0.1) is 0 Å². The molecule has 0 radical (unpaired) electrons. The zero-order valence-corrected chi connectivity index (χ0v) is 12.2. The van der Waals surface area contributed by atoms with Crippen LogP contribution >= 0.6 is 15.9 Å². The van der Waals surface area contributed by atoms with Gasteiger partial charge in [-0.25, -0.2) is 5.43 Å². The number of nitrogens with one attached hydrogen (secondary N) is 1. The van der Waals surface area contributed by atoms with Crippen LogP contribution < -0.4 is 11.3 Å². The summed E-state index contributed by atoms with van der Waals surface area (Å²) < 4.78 is 8.45. The van der Waals surface area contributed by atoms with Crippen molar-refractivity contribution in [2.75, 3.05) is 13.2 Å². The molecule has 1 rings (SSSR count). The molecule has 98 valence electrons. The lowest BCUT2D eigenvalue weighted by Gasteiger charge is -2.20. The summed E-state index contributed by atoms with van der Waals surface area (Å²) in [6.45, 7) is 7.54. The van der Waals surface area contributed by atoms with Crippen LogP contribution in [0.15, 0.2) is 10.7 Å². The topological polar surface area (TPSA) is 65.1 Å². The number of nitrogens with zero attached hydrogens (tertiary/aromatic N) is 2. The Balaban J connectivity index is 2.82. The first-order valence-corrected chi connectivity index (χ1v) is 6.67. The zero-order valence-electron chi connectivity index (χ0n) is 10.6. The van der Waals surface area contributed by atoms with E-state index in [-0.39, 0.29) is 6.04 Å². The molecule has 0 amide bonds. The van der Waals surface area contributed by atoms with Crippen LogP contribution in [0, 0.1) is 0 Å². The molecule has 0 aliphatic rings. The maximum atomic E-state index is 5.59. The standard InChI is InChI=1S/C11H21BrN4O/c1-4-5-17-7-10(15-13)11-9(12)6-14-16(11)8(2)3/h6,8,10,15H,4-5,7,13H2,1-3H3. The second-order valence-electron chi connectivity index (χ2n) is 4.21. The highest BCUT2D eigenvalue weighted by Crippen LogP contribution is 2.25. The second-order valence-corrected chi connectivity index (χ2v) is 5.06. The fourth-order valence-electron chi connectivity index (χ4n) is 1.64. The molecular weight excluding hydrogens is 284 g/mol. The van der Waals surface area contributed by atoms with E-state index in [1.54, 1.807) is 6.20 Å². The van der Waals surface area contributed by atoms with Crippen molar-refractivity contribution in [3.63, 3.8) is 0 Å². The molecule has 1 unspecified atom stereocenters. The molecule has 0 bridgehead atoms. The summed E-state index contributed by atoms with van der Waals surface area (Å²) in [6.07, 6.45) is 2.79. The number of aromatic nitrogens is 2. The highest BCUT2D eigenvalue weighted by molar-refractivity contribution is 9.10. The van der Waals surface area contributed by atoms with Crippen molar-refractivity contribution in [2.45, 2.75) is 39.3 Å². The lowest BCUT2D eigenvalue weighted by atomic mass is 10.2. The Kier molecular flexibility index (Phi) is 6.11. The van der Waals surface area contributed by atoms with E-state index in [1.807, 2.05) is 4.68 Å². The van der Waals surface area contributed by atoms with Gasteiger partial charge in [-0.1, -0.05) is 6.92 Å². The highest BCUT2D eigenvalue weighted by atomic mass is 79.9. The molecule has 0 aromatic carbocycles. The van der Waals surface area contributed by atoms with E-state index in [1.165, 1.54) is 0 Å². The van der Waals surface area contributed by atoms with Crippen molar-refractivity contribution in [1.82, 2.24) is 15.2 Å². The molecule has 17 heavy (non-hydrogen) atoms. The third-order valence-electron chi connectivity index (χ3n) is 2.44.